The van der Waals surface area contributed by atoms with Gasteiger partial charge in [-0.25, -0.2) is 9.67 Å². The minimum absolute atomic E-state index is 0.0183. The second-order valence-electron chi connectivity index (χ2n) is 7.74. The number of pyridine rings is 1. The van der Waals surface area contributed by atoms with E-state index in [-0.39, 0.29) is 24.3 Å². The summed E-state index contributed by atoms with van der Waals surface area (Å²) < 4.78 is 3.26. The Bertz CT molecular complexity index is 1060. The summed E-state index contributed by atoms with van der Waals surface area (Å²) in [4.78, 5) is 31.3. The van der Waals surface area contributed by atoms with E-state index in [2.05, 4.69) is 21.9 Å². The van der Waals surface area contributed by atoms with Gasteiger partial charge >= 0.3 is 0 Å². The fourth-order valence-corrected chi connectivity index (χ4v) is 3.67. The second kappa shape index (κ2) is 7.58. The fourth-order valence-electron chi connectivity index (χ4n) is 3.67. The maximum Gasteiger partial charge on any atom is 0.267 e. The lowest BCUT2D eigenvalue weighted by molar-refractivity contribution is -0.119. The summed E-state index contributed by atoms with van der Waals surface area (Å²) >= 11 is 0. The maximum absolute atomic E-state index is 12.6. The van der Waals surface area contributed by atoms with E-state index in [0.29, 0.717) is 0 Å². The molecule has 0 bridgehead atoms. The number of fused-ring (bicyclic) bond motifs is 1. The average Bonchev–Trinajstić information content (AvgIpc) is 3.04. The van der Waals surface area contributed by atoms with Crippen molar-refractivity contribution in [3.63, 3.8) is 0 Å². The highest BCUT2D eigenvalue weighted by molar-refractivity contribution is 5.80. The number of aryl methyl sites for hydroxylation is 1. The van der Waals surface area contributed by atoms with Crippen LogP contribution < -0.4 is 10.5 Å². The van der Waals surface area contributed by atoms with Crippen molar-refractivity contribution in [2.24, 2.45) is 5.92 Å². The third-order valence-electron chi connectivity index (χ3n) is 5.45. The fraction of sp³-hybridized carbons (Fsp3) is 0.429. The summed E-state index contributed by atoms with van der Waals surface area (Å²) in [5, 5.41) is 4.45. The molecule has 1 fully saturated rings. The van der Waals surface area contributed by atoms with E-state index in [0.717, 1.165) is 54.6 Å². The van der Waals surface area contributed by atoms with Gasteiger partial charge in [0, 0.05) is 43.7 Å². The minimum atomic E-state index is -0.248. The van der Waals surface area contributed by atoms with Gasteiger partial charge in [0.05, 0.1) is 0 Å². The van der Waals surface area contributed by atoms with Gasteiger partial charge in [-0.2, -0.15) is 5.10 Å². The van der Waals surface area contributed by atoms with E-state index in [1.54, 1.807) is 12.3 Å². The molecule has 0 unspecified atom stereocenters. The molecule has 0 radical (unpaired) electrons. The molecule has 28 heavy (non-hydrogen) atoms. The molecule has 3 aromatic heterocycles. The summed E-state index contributed by atoms with van der Waals surface area (Å²) in [6, 6.07) is 7.09. The topological polar surface area (TPSA) is 72.5 Å². The van der Waals surface area contributed by atoms with Gasteiger partial charge in [-0.1, -0.05) is 6.92 Å². The summed E-state index contributed by atoms with van der Waals surface area (Å²) in [7, 11) is 0. The molecule has 4 rings (SSSR count). The first-order chi connectivity index (χ1) is 13.5. The molecule has 0 spiro atoms. The van der Waals surface area contributed by atoms with Gasteiger partial charge in [0.1, 0.15) is 18.0 Å². The van der Waals surface area contributed by atoms with Crippen molar-refractivity contribution in [2.45, 2.75) is 39.7 Å². The van der Waals surface area contributed by atoms with E-state index < -0.39 is 0 Å². The summed E-state index contributed by atoms with van der Waals surface area (Å²) in [5.41, 5.74) is 2.51. The molecule has 1 aliphatic rings. The molecule has 4 heterocycles. The molecule has 7 heteroatoms. The molecule has 0 atom stereocenters. The van der Waals surface area contributed by atoms with E-state index in [1.165, 1.54) is 10.7 Å². The van der Waals surface area contributed by atoms with Crippen LogP contribution in [-0.4, -0.2) is 38.0 Å². The van der Waals surface area contributed by atoms with Crippen LogP contribution in [0, 0.1) is 12.8 Å². The van der Waals surface area contributed by atoms with Crippen LogP contribution in [0.5, 0.6) is 0 Å². The number of rotatable bonds is 5. The van der Waals surface area contributed by atoms with Gasteiger partial charge in [-0.05, 0) is 49.4 Å². The van der Waals surface area contributed by atoms with Crippen LogP contribution >= 0.6 is 0 Å². The minimum Gasteiger partial charge on any atom is -0.355 e. The molecule has 0 N–H and O–H groups in total. The van der Waals surface area contributed by atoms with Crippen LogP contribution in [0.1, 0.15) is 31.0 Å². The zero-order chi connectivity index (χ0) is 19.7. The molecule has 0 aliphatic carbocycles. The van der Waals surface area contributed by atoms with Crippen molar-refractivity contribution in [3.8, 4) is 0 Å². The number of aromatic nitrogens is 4. The predicted molar refractivity (Wildman–Crippen MR) is 108 cm³/mol. The number of anilines is 1. The third-order valence-corrected chi connectivity index (χ3v) is 5.45. The standard InChI is InChI=1S/C21H25N5O2/c1-15-5-8-24(9-6-15)19-3-4-21(28)26(23-19)14-18(27)11-17-7-10-25-16(2)13-22-20(25)12-17/h3-4,7,10,12-13,15H,5-6,8-9,11,14H2,1-2H3. The first-order valence-electron chi connectivity index (χ1n) is 9.77. The Balaban J connectivity index is 1.47. The Labute approximate surface area is 163 Å². The molecular weight excluding hydrogens is 354 g/mol. The normalized spacial score (nSPS) is 15.3. The number of Topliss-reactive ketones (excluding diaryl/α,β-unsaturated/α-hetero) is 1. The van der Waals surface area contributed by atoms with Crippen molar-refractivity contribution >= 4 is 17.2 Å². The van der Waals surface area contributed by atoms with Gasteiger partial charge in [0.2, 0.25) is 0 Å². The lowest BCUT2D eigenvalue weighted by atomic mass is 9.99. The molecule has 7 nitrogen and oxygen atoms in total. The molecule has 0 aromatic carbocycles. The highest BCUT2D eigenvalue weighted by Crippen LogP contribution is 2.20. The Morgan fingerprint density at radius 2 is 2.00 bits per heavy atom. The first-order valence-corrected chi connectivity index (χ1v) is 9.77. The number of piperidine rings is 1. The molecule has 0 amide bonds. The largest absolute Gasteiger partial charge is 0.355 e. The van der Waals surface area contributed by atoms with Crippen molar-refractivity contribution in [3.05, 3.63) is 58.3 Å². The van der Waals surface area contributed by atoms with E-state index >= 15 is 0 Å². The zero-order valence-corrected chi connectivity index (χ0v) is 16.3. The third kappa shape index (κ3) is 3.83. The Kier molecular flexibility index (Phi) is 4.98. The first kappa shape index (κ1) is 18.4. The maximum atomic E-state index is 12.6. The predicted octanol–water partition coefficient (Wildman–Crippen LogP) is 2.25. The molecule has 1 aliphatic heterocycles. The highest BCUT2D eigenvalue weighted by Gasteiger charge is 2.18. The lowest BCUT2D eigenvalue weighted by Gasteiger charge is -2.31. The van der Waals surface area contributed by atoms with Crippen LogP contribution in [0.15, 0.2) is 41.5 Å². The van der Waals surface area contributed by atoms with Gasteiger partial charge in [0.15, 0.2) is 5.78 Å². The van der Waals surface area contributed by atoms with E-state index in [9.17, 15) is 9.59 Å². The summed E-state index contributed by atoms with van der Waals surface area (Å²) in [5.74, 6) is 1.44. The number of imidazole rings is 1. The zero-order valence-electron chi connectivity index (χ0n) is 16.3. The van der Waals surface area contributed by atoms with Crippen LogP contribution in [0.2, 0.25) is 0 Å². The molecule has 146 valence electrons. The van der Waals surface area contributed by atoms with Crippen molar-refractivity contribution in [1.29, 1.82) is 0 Å². The molecule has 0 saturated carbocycles. The van der Waals surface area contributed by atoms with E-state index in [1.807, 2.05) is 29.7 Å². The van der Waals surface area contributed by atoms with Crippen LogP contribution in [-0.2, 0) is 17.8 Å². The SMILES string of the molecule is Cc1cnc2cc(CC(=O)Cn3nc(N4CCC(C)CC4)ccc3=O)ccn12. The second-order valence-corrected chi connectivity index (χ2v) is 7.74. The van der Waals surface area contributed by atoms with Crippen LogP contribution in [0.25, 0.3) is 5.65 Å². The smallest absolute Gasteiger partial charge is 0.267 e. The molecule has 3 aromatic rings. The summed E-state index contributed by atoms with van der Waals surface area (Å²) in [6.07, 6.45) is 6.22. The number of nitrogens with zero attached hydrogens (tertiary/aromatic N) is 5. The van der Waals surface area contributed by atoms with Crippen LogP contribution in [0.4, 0.5) is 5.82 Å². The molecular formula is C21H25N5O2. The summed E-state index contributed by atoms with van der Waals surface area (Å²) in [6.45, 7) is 6.09. The Morgan fingerprint density at radius 3 is 2.79 bits per heavy atom. The number of hydrogen-bond donors (Lipinski definition) is 0. The Hall–Kier alpha value is -2.96. The highest BCUT2D eigenvalue weighted by atomic mass is 16.1. The number of carbonyl (C=O) groups is 1. The Morgan fingerprint density at radius 1 is 1.21 bits per heavy atom. The van der Waals surface area contributed by atoms with Gasteiger partial charge in [0.25, 0.3) is 5.56 Å². The van der Waals surface area contributed by atoms with Gasteiger partial charge < -0.3 is 9.30 Å². The van der Waals surface area contributed by atoms with Gasteiger partial charge in [-0.15, -0.1) is 0 Å². The lowest BCUT2D eigenvalue weighted by Crippen LogP contribution is -2.36. The quantitative estimate of drug-likeness (QED) is 0.680. The van der Waals surface area contributed by atoms with Gasteiger partial charge in [-0.3, -0.25) is 9.59 Å². The molecule has 1 saturated heterocycles. The van der Waals surface area contributed by atoms with Crippen LogP contribution in [0.3, 0.4) is 0 Å². The van der Waals surface area contributed by atoms with E-state index in [4.69, 9.17) is 0 Å². The number of carbonyl (C=O) groups excluding carboxylic acids is 1. The monoisotopic (exact) mass is 379 g/mol. The van der Waals surface area contributed by atoms with Crippen molar-refractivity contribution < 1.29 is 4.79 Å². The van der Waals surface area contributed by atoms with Crippen molar-refractivity contribution in [2.75, 3.05) is 18.0 Å². The number of ketones is 1. The van der Waals surface area contributed by atoms with Crippen molar-refractivity contribution in [1.82, 2.24) is 19.2 Å². The average molecular weight is 379 g/mol. The number of hydrogen-bond acceptors (Lipinski definition) is 5.